The third kappa shape index (κ3) is 4.43. The van der Waals surface area contributed by atoms with Crippen LogP contribution >= 0.6 is 0 Å². The van der Waals surface area contributed by atoms with Gasteiger partial charge in [0.1, 0.15) is 0 Å². The zero-order valence-electron chi connectivity index (χ0n) is 11.9. The Labute approximate surface area is 111 Å². The standard InChI is InChI=1S/C16H26N2/c1-13(2)17-10-15-6-4-5-7-16(15)12-18(3)11-14-8-9-14/h4-7,13-14,17H,8-12H2,1-3H3. The smallest absolute Gasteiger partial charge is 0.0234 e. The largest absolute Gasteiger partial charge is 0.310 e. The first kappa shape index (κ1) is 13.6. The second-order valence-electron chi connectivity index (χ2n) is 5.94. The van der Waals surface area contributed by atoms with Crippen molar-refractivity contribution in [2.45, 2.75) is 45.8 Å². The molecular weight excluding hydrogens is 220 g/mol. The molecule has 0 unspecified atom stereocenters. The van der Waals surface area contributed by atoms with E-state index in [1.165, 1.54) is 30.5 Å². The number of nitrogens with zero attached hydrogens (tertiary/aromatic N) is 1. The Hall–Kier alpha value is -0.860. The molecular formula is C16H26N2. The highest BCUT2D eigenvalue weighted by Crippen LogP contribution is 2.29. The van der Waals surface area contributed by atoms with Crippen molar-refractivity contribution in [1.82, 2.24) is 10.2 Å². The molecule has 100 valence electrons. The van der Waals surface area contributed by atoms with Crippen LogP contribution in [0, 0.1) is 5.92 Å². The molecule has 0 spiro atoms. The van der Waals surface area contributed by atoms with Crippen LogP contribution < -0.4 is 5.32 Å². The molecule has 0 amide bonds. The number of nitrogens with one attached hydrogen (secondary N) is 1. The molecule has 18 heavy (non-hydrogen) atoms. The second-order valence-corrected chi connectivity index (χ2v) is 5.94. The van der Waals surface area contributed by atoms with Gasteiger partial charge in [-0.15, -0.1) is 0 Å². The first-order valence-corrected chi connectivity index (χ1v) is 7.14. The Kier molecular flexibility index (Phi) is 4.79. The van der Waals surface area contributed by atoms with Gasteiger partial charge < -0.3 is 10.2 Å². The van der Waals surface area contributed by atoms with E-state index in [4.69, 9.17) is 0 Å². The van der Waals surface area contributed by atoms with E-state index in [0.29, 0.717) is 6.04 Å². The van der Waals surface area contributed by atoms with Crippen molar-refractivity contribution in [1.29, 1.82) is 0 Å². The van der Waals surface area contributed by atoms with Crippen molar-refractivity contribution in [3.63, 3.8) is 0 Å². The Morgan fingerprint density at radius 2 is 1.89 bits per heavy atom. The zero-order valence-corrected chi connectivity index (χ0v) is 11.9. The molecule has 2 nitrogen and oxygen atoms in total. The minimum Gasteiger partial charge on any atom is -0.310 e. The molecule has 0 heterocycles. The van der Waals surface area contributed by atoms with Gasteiger partial charge in [-0.3, -0.25) is 0 Å². The van der Waals surface area contributed by atoms with Gasteiger partial charge in [0.05, 0.1) is 0 Å². The monoisotopic (exact) mass is 246 g/mol. The van der Waals surface area contributed by atoms with E-state index in [1.54, 1.807) is 0 Å². The summed E-state index contributed by atoms with van der Waals surface area (Å²) in [5.41, 5.74) is 2.91. The van der Waals surface area contributed by atoms with Gasteiger partial charge in [0.2, 0.25) is 0 Å². The Morgan fingerprint density at radius 3 is 2.50 bits per heavy atom. The van der Waals surface area contributed by atoms with Gasteiger partial charge in [0, 0.05) is 25.7 Å². The van der Waals surface area contributed by atoms with Crippen LogP contribution in [0.25, 0.3) is 0 Å². The highest BCUT2D eigenvalue weighted by Gasteiger charge is 2.22. The molecule has 1 aromatic rings. The summed E-state index contributed by atoms with van der Waals surface area (Å²) < 4.78 is 0. The third-order valence-electron chi connectivity index (χ3n) is 3.53. The van der Waals surface area contributed by atoms with Crippen LogP contribution in [0.15, 0.2) is 24.3 Å². The molecule has 0 aliphatic heterocycles. The number of hydrogen-bond donors (Lipinski definition) is 1. The Balaban J connectivity index is 1.92. The Bertz CT molecular complexity index is 369. The van der Waals surface area contributed by atoms with E-state index in [1.807, 2.05) is 0 Å². The maximum absolute atomic E-state index is 3.51. The molecule has 2 rings (SSSR count). The van der Waals surface area contributed by atoms with Crippen LogP contribution in [0.3, 0.4) is 0 Å². The molecule has 0 bridgehead atoms. The number of rotatable bonds is 7. The van der Waals surface area contributed by atoms with Gasteiger partial charge in [0.25, 0.3) is 0 Å². The maximum Gasteiger partial charge on any atom is 0.0234 e. The van der Waals surface area contributed by atoms with Gasteiger partial charge in [-0.1, -0.05) is 38.1 Å². The summed E-state index contributed by atoms with van der Waals surface area (Å²) in [5.74, 6) is 0.968. The summed E-state index contributed by atoms with van der Waals surface area (Å²) in [5, 5.41) is 3.51. The molecule has 1 fully saturated rings. The van der Waals surface area contributed by atoms with Crippen LogP contribution in [0.1, 0.15) is 37.8 Å². The quantitative estimate of drug-likeness (QED) is 0.795. The van der Waals surface area contributed by atoms with Crippen LogP contribution in [0.5, 0.6) is 0 Å². The predicted octanol–water partition coefficient (Wildman–Crippen LogP) is 3.03. The highest BCUT2D eigenvalue weighted by molar-refractivity contribution is 5.27. The normalized spacial score (nSPS) is 15.6. The van der Waals surface area contributed by atoms with E-state index in [9.17, 15) is 0 Å². The van der Waals surface area contributed by atoms with Crippen molar-refractivity contribution < 1.29 is 0 Å². The Morgan fingerprint density at radius 1 is 1.22 bits per heavy atom. The fourth-order valence-corrected chi connectivity index (χ4v) is 2.29. The summed E-state index contributed by atoms with van der Waals surface area (Å²) in [6.07, 6.45) is 2.86. The average molecular weight is 246 g/mol. The van der Waals surface area contributed by atoms with E-state index < -0.39 is 0 Å². The molecule has 2 heteroatoms. The van der Waals surface area contributed by atoms with Gasteiger partial charge in [-0.05, 0) is 36.9 Å². The van der Waals surface area contributed by atoms with E-state index in [-0.39, 0.29) is 0 Å². The lowest BCUT2D eigenvalue weighted by Gasteiger charge is -2.19. The molecule has 0 saturated heterocycles. The van der Waals surface area contributed by atoms with E-state index >= 15 is 0 Å². The third-order valence-corrected chi connectivity index (χ3v) is 3.53. The molecule has 0 radical (unpaired) electrons. The topological polar surface area (TPSA) is 15.3 Å². The van der Waals surface area contributed by atoms with Crippen molar-refractivity contribution in [3.8, 4) is 0 Å². The summed E-state index contributed by atoms with van der Waals surface area (Å²) in [6, 6.07) is 9.35. The SMILES string of the molecule is CC(C)NCc1ccccc1CN(C)CC1CC1. The van der Waals surface area contributed by atoms with Crippen molar-refractivity contribution in [3.05, 3.63) is 35.4 Å². The molecule has 1 aliphatic rings. The van der Waals surface area contributed by atoms with Crippen LogP contribution in [-0.4, -0.2) is 24.5 Å². The van der Waals surface area contributed by atoms with Gasteiger partial charge in [-0.2, -0.15) is 0 Å². The van der Waals surface area contributed by atoms with E-state index in [0.717, 1.165) is 19.0 Å². The maximum atomic E-state index is 3.51. The summed E-state index contributed by atoms with van der Waals surface area (Å²) in [4.78, 5) is 2.46. The number of hydrogen-bond acceptors (Lipinski definition) is 2. The van der Waals surface area contributed by atoms with Crippen LogP contribution in [0.4, 0.5) is 0 Å². The van der Waals surface area contributed by atoms with E-state index in [2.05, 4.69) is 55.4 Å². The fraction of sp³-hybridized carbons (Fsp3) is 0.625. The minimum atomic E-state index is 0.544. The minimum absolute atomic E-state index is 0.544. The lowest BCUT2D eigenvalue weighted by Crippen LogP contribution is -2.25. The molecule has 0 atom stereocenters. The summed E-state index contributed by atoms with van der Waals surface area (Å²) >= 11 is 0. The lowest BCUT2D eigenvalue weighted by molar-refractivity contribution is 0.312. The average Bonchev–Trinajstić information content (AvgIpc) is 3.11. The molecule has 1 N–H and O–H groups in total. The molecule has 1 aliphatic carbocycles. The van der Waals surface area contributed by atoms with Crippen LogP contribution in [0.2, 0.25) is 0 Å². The first-order chi connectivity index (χ1) is 8.65. The van der Waals surface area contributed by atoms with Gasteiger partial charge in [-0.25, -0.2) is 0 Å². The van der Waals surface area contributed by atoms with Crippen molar-refractivity contribution in [2.75, 3.05) is 13.6 Å². The van der Waals surface area contributed by atoms with Crippen molar-refractivity contribution >= 4 is 0 Å². The summed E-state index contributed by atoms with van der Waals surface area (Å²) in [6.45, 7) is 7.70. The summed E-state index contributed by atoms with van der Waals surface area (Å²) in [7, 11) is 2.24. The predicted molar refractivity (Wildman–Crippen MR) is 77.5 cm³/mol. The second kappa shape index (κ2) is 6.35. The van der Waals surface area contributed by atoms with Gasteiger partial charge >= 0.3 is 0 Å². The molecule has 1 aromatic carbocycles. The zero-order chi connectivity index (χ0) is 13.0. The molecule has 1 saturated carbocycles. The van der Waals surface area contributed by atoms with Crippen LogP contribution in [-0.2, 0) is 13.1 Å². The first-order valence-electron chi connectivity index (χ1n) is 7.14. The number of benzene rings is 1. The lowest BCUT2D eigenvalue weighted by atomic mass is 10.1. The molecule has 0 aromatic heterocycles. The van der Waals surface area contributed by atoms with Crippen molar-refractivity contribution in [2.24, 2.45) is 5.92 Å². The highest BCUT2D eigenvalue weighted by atomic mass is 15.1. The van der Waals surface area contributed by atoms with Gasteiger partial charge in [0.15, 0.2) is 0 Å². The fourth-order valence-electron chi connectivity index (χ4n) is 2.29.